The Hall–Kier alpha value is -0.180. The molecule has 0 saturated heterocycles. The monoisotopic (exact) mass is 267 g/mol. The predicted octanol–water partition coefficient (Wildman–Crippen LogP) is 0.264. The quantitative estimate of drug-likeness (QED) is 0.564. The van der Waals surface area contributed by atoms with Crippen molar-refractivity contribution in [2.45, 2.75) is 4.34 Å². The number of sulfone groups is 1. The molecule has 0 aliphatic rings. The van der Waals surface area contributed by atoms with E-state index in [0.29, 0.717) is 6.54 Å². The molecule has 1 aromatic rings. The van der Waals surface area contributed by atoms with E-state index in [9.17, 15) is 8.42 Å². The van der Waals surface area contributed by atoms with Crippen LogP contribution in [0.2, 0.25) is 0 Å². The van der Waals surface area contributed by atoms with E-state index in [0.717, 1.165) is 16.6 Å². The third-order valence-electron chi connectivity index (χ3n) is 1.49. The molecule has 0 unspecified atom stereocenters. The molecule has 1 aromatic heterocycles. The third kappa shape index (κ3) is 6.82. The van der Waals surface area contributed by atoms with E-state index in [4.69, 9.17) is 0 Å². The highest BCUT2D eigenvalue weighted by Gasteiger charge is 2.01. The first-order valence-corrected chi connectivity index (χ1v) is 8.28. The van der Waals surface area contributed by atoms with Gasteiger partial charge >= 0.3 is 0 Å². The maximum atomic E-state index is 10.8. The van der Waals surface area contributed by atoms with Gasteiger partial charge in [0.2, 0.25) is 0 Å². The van der Waals surface area contributed by atoms with Crippen molar-refractivity contribution in [1.29, 1.82) is 0 Å². The van der Waals surface area contributed by atoms with Gasteiger partial charge in [-0.05, 0) is 0 Å². The van der Waals surface area contributed by atoms with Gasteiger partial charge in [-0.25, -0.2) is 8.42 Å². The van der Waals surface area contributed by atoms with Crippen LogP contribution in [0.5, 0.6) is 0 Å². The number of hydrogen-bond donors (Lipinski definition) is 1. The highest BCUT2D eigenvalue weighted by molar-refractivity contribution is 8.01. The molecule has 8 heteroatoms. The summed E-state index contributed by atoms with van der Waals surface area (Å²) in [6.07, 6.45) is 1.24. The van der Waals surface area contributed by atoms with Crippen molar-refractivity contribution in [3.05, 3.63) is 5.51 Å². The van der Waals surface area contributed by atoms with Gasteiger partial charge in [-0.15, -0.1) is 10.2 Å². The van der Waals surface area contributed by atoms with E-state index in [2.05, 4.69) is 15.5 Å². The summed E-state index contributed by atoms with van der Waals surface area (Å²) < 4.78 is 22.5. The van der Waals surface area contributed by atoms with Crippen LogP contribution < -0.4 is 5.32 Å². The van der Waals surface area contributed by atoms with Gasteiger partial charge in [0.15, 0.2) is 4.34 Å². The first kappa shape index (κ1) is 12.9. The van der Waals surface area contributed by atoms with Gasteiger partial charge < -0.3 is 5.32 Å². The Morgan fingerprint density at radius 3 is 2.93 bits per heavy atom. The molecule has 0 amide bonds. The zero-order chi connectivity index (χ0) is 11.1. The van der Waals surface area contributed by atoms with Crippen LogP contribution in [0.25, 0.3) is 0 Å². The minimum absolute atomic E-state index is 0.191. The zero-order valence-corrected chi connectivity index (χ0v) is 10.8. The molecule has 0 aliphatic carbocycles. The van der Waals surface area contributed by atoms with Gasteiger partial charge in [0.25, 0.3) is 0 Å². The van der Waals surface area contributed by atoms with Crippen molar-refractivity contribution in [2.24, 2.45) is 0 Å². The highest BCUT2D eigenvalue weighted by atomic mass is 32.2. The summed E-state index contributed by atoms with van der Waals surface area (Å²) in [5.74, 6) is 1.06. The number of nitrogens with one attached hydrogen (secondary N) is 1. The van der Waals surface area contributed by atoms with E-state index in [1.807, 2.05) is 0 Å². The molecular weight excluding hydrogens is 254 g/mol. The van der Waals surface area contributed by atoms with Crippen LogP contribution in [-0.4, -0.2) is 49.5 Å². The summed E-state index contributed by atoms with van der Waals surface area (Å²) in [5.41, 5.74) is 1.69. The lowest BCUT2D eigenvalue weighted by Crippen LogP contribution is -2.24. The standard InChI is InChI=1S/C7H13N3O2S3/c1-15(11,12)5-3-8-2-4-13-7-10-9-6-14-7/h6,8H,2-5H2,1H3. The number of thioether (sulfide) groups is 1. The van der Waals surface area contributed by atoms with Crippen molar-refractivity contribution in [1.82, 2.24) is 15.5 Å². The molecule has 0 atom stereocenters. The lowest BCUT2D eigenvalue weighted by molar-refractivity contribution is 0.598. The molecule has 0 fully saturated rings. The van der Waals surface area contributed by atoms with Crippen LogP contribution in [0.1, 0.15) is 0 Å². The number of rotatable bonds is 7. The predicted molar refractivity (Wildman–Crippen MR) is 63.2 cm³/mol. The van der Waals surface area contributed by atoms with E-state index >= 15 is 0 Å². The van der Waals surface area contributed by atoms with E-state index in [-0.39, 0.29) is 5.75 Å². The van der Waals surface area contributed by atoms with E-state index in [1.54, 1.807) is 17.3 Å². The van der Waals surface area contributed by atoms with Crippen molar-refractivity contribution >= 4 is 32.9 Å². The number of aromatic nitrogens is 2. The van der Waals surface area contributed by atoms with Crippen molar-refractivity contribution in [3.8, 4) is 0 Å². The van der Waals surface area contributed by atoms with Gasteiger partial charge in [-0.2, -0.15) is 0 Å². The van der Waals surface area contributed by atoms with Gasteiger partial charge in [0.05, 0.1) is 5.75 Å². The molecule has 15 heavy (non-hydrogen) atoms. The fourth-order valence-corrected chi connectivity index (χ4v) is 2.79. The van der Waals surface area contributed by atoms with Crippen LogP contribution in [-0.2, 0) is 9.84 Å². The Morgan fingerprint density at radius 2 is 2.33 bits per heavy atom. The third-order valence-corrected chi connectivity index (χ3v) is 4.30. The fourth-order valence-electron chi connectivity index (χ4n) is 0.819. The van der Waals surface area contributed by atoms with E-state index in [1.165, 1.54) is 17.6 Å². The van der Waals surface area contributed by atoms with Crippen molar-refractivity contribution < 1.29 is 8.42 Å². The van der Waals surface area contributed by atoms with Gasteiger partial charge in [-0.1, -0.05) is 23.1 Å². The second-order valence-electron chi connectivity index (χ2n) is 2.93. The Bertz CT molecular complexity index is 363. The largest absolute Gasteiger partial charge is 0.315 e. The molecular formula is C7H13N3O2S3. The van der Waals surface area contributed by atoms with Crippen LogP contribution in [0.15, 0.2) is 9.85 Å². The van der Waals surface area contributed by atoms with Gasteiger partial charge in [0, 0.05) is 25.1 Å². The summed E-state index contributed by atoms with van der Waals surface area (Å²) in [6, 6.07) is 0. The lowest BCUT2D eigenvalue weighted by Gasteiger charge is -2.01. The van der Waals surface area contributed by atoms with Gasteiger partial charge in [-0.3, -0.25) is 0 Å². The minimum Gasteiger partial charge on any atom is -0.315 e. The molecule has 0 aromatic carbocycles. The minimum atomic E-state index is -2.84. The normalized spacial score (nSPS) is 11.8. The molecule has 86 valence electrons. The molecule has 0 saturated carbocycles. The molecule has 0 bridgehead atoms. The first-order chi connectivity index (χ1) is 7.08. The number of hydrogen-bond acceptors (Lipinski definition) is 7. The fraction of sp³-hybridized carbons (Fsp3) is 0.714. The summed E-state index contributed by atoms with van der Waals surface area (Å²) in [7, 11) is -2.84. The molecule has 0 radical (unpaired) electrons. The molecule has 5 nitrogen and oxygen atoms in total. The van der Waals surface area contributed by atoms with Crippen LogP contribution in [0.3, 0.4) is 0 Å². The van der Waals surface area contributed by atoms with Crippen molar-refractivity contribution in [3.63, 3.8) is 0 Å². The van der Waals surface area contributed by atoms with E-state index < -0.39 is 9.84 Å². The lowest BCUT2D eigenvalue weighted by atomic mass is 10.7. The summed E-state index contributed by atoms with van der Waals surface area (Å²) >= 11 is 3.13. The molecule has 1 rings (SSSR count). The Morgan fingerprint density at radius 1 is 1.53 bits per heavy atom. The molecule has 1 heterocycles. The Balaban J connectivity index is 1.99. The average molecular weight is 267 g/mol. The van der Waals surface area contributed by atoms with Crippen LogP contribution in [0.4, 0.5) is 0 Å². The average Bonchev–Trinajstić information content (AvgIpc) is 2.61. The summed E-state index contributed by atoms with van der Waals surface area (Å²) in [6.45, 7) is 1.29. The molecule has 0 aliphatic heterocycles. The second kappa shape index (κ2) is 6.41. The molecule has 1 N–H and O–H groups in total. The number of nitrogens with zero attached hydrogens (tertiary/aromatic N) is 2. The maximum absolute atomic E-state index is 10.8. The highest BCUT2D eigenvalue weighted by Crippen LogP contribution is 2.17. The van der Waals surface area contributed by atoms with Crippen LogP contribution >= 0.6 is 23.1 Å². The zero-order valence-electron chi connectivity index (χ0n) is 8.34. The maximum Gasteiger partial charge on any atom is 0.174 e. The topological polar surface area (TPSA) is 72.0 Å². The SMILES string of the molecule is CS(=O)(=O)CCNCCSc1nncs1. The van der Waals surface area contributed by atoms with Crippen molar-refractivity contribution in [2.75, 3.05) is 30.9 Å². The molecule has 0 spiro atoms. The Labute approximate surface area is 97.6 Å². The second-order valence-corrected chi connectivity index (χ2v) is 7.37. The Kier molecular flexibility index (Phi) is 5.51. The summed E-state index contributed by atoms with van der Waals surface area (Å²) in [5, 5.41) is 10.7. The summed E-state index contributed by atoms with van der Waals surface area (Å²) in [4.78, 5) is 0. The van der Waals surface area contributed by atoms with Gasteiger partial charge in [0.1, 0.15) is 15.3 Å². The first-order valence-electron chi connectivity index (χ1n) is 4.35. The smallest absolute Gasteiger partial charge is 0.174 e. The van der Waals surface area contributed by atoms with Crippen LogP contribution in [0, 0.1) is 0 Å².